The molecule has 17 nitrogen and oxygen atoms in total. The number of nitrogens with zero attached hydrogens (tertiary/aromatic N) is 1. The summed E-state index contributed by atoms with van der Waals surface area (Å²) >= 11 is 0. The second-order valence-electron chi connectivity index (χ2n) is 17.4. The Morgan fingerprint density at radius 1 is 0.754 bits per heavy atom. The zero-order valence-corrected chi connectivity index (χ0v) is 39.1. The number of nitrogens with one attached hydrogen (secondary N) is 5. The molecule has 0 spiro atoms. The van der Waals surface area contributed by atoms with Crippen molar-refractivity contribution in [2.45, 2.75) is 186 Å². The monoisotopic (exact) mass is 909 g/mol. The molecule has 0 aliphatic carbocycles. The number of benzene rings is 1. The van der Waals surface area contributed by atoms with Gasteiger partial charge in [0.2, 0.25) is 41.4 Å². The molecule has 2 aromatic rings. The molecule has 1 aliphatic heterocycles. The first-order chi connectivity index (χ1) is 31.2. The summed E-state index contributed by atoms with van der Waals surface area (Å²) in [6.45, 7) is 6.25. The minimum absolute atomic E-state index is 0.0170. The number of unbranched alkanes of at least 4 members (excludes halogenated alkanes) is 12. The topological polar surface area (TPSA) is 265 Å². The van der Waals surface area contributed by atoms with Crippen molar-refractivity contribution in [2.24, 2.45) is 11.5 Å². The van der Waals surface area contributed by atoms with Crippen LogP contribution in [0.2, 0.25) is 0 Å². The molecule has 0 radical (unpaired) electrons. The molecule has 1 aromatic carbocycles. The molecule has 17 heteroatoms. The number of hydrogen-bond acceptors (Lipinski definition) is 10. The number of hydrogen-bond donors (Lipinski definition) is 7. The number of carbonyl (C=O) groups is 7. The van der Waals surface area contributed by atoms with Gasteiger partial charge in [0.25, 0.3) is 0 Å². The first-order valence-electron chi connectivity index (χ1n) is 24.0. The summed E-state index contributed by atoms with van der Waals surface area (Å²) in [5.41, 5.74) is 11.9. The third kappa shape index (κ3) is 20.2. The third-order valence-corrected chi connectivity index (χ3v) is 11.9. The highest BCUT2D eigenvalue weighted by Gasteiger charge is 2.39. The van der Waals surface area contributed by atoms with Crippen molar-refractivity contribution in [3.63, 3.8) is 0 Å². The largest absolute Gasteiger partial charge is 0.423 e. The van der Waals surface area contributed by atoms with Crippen LogP contribution < -0.4 is 43.7 Å². The van der Waals surface area contributed by atoms with E-state index in [1.54, 1.807) is 25.1 Å². The maximum Gasteiger partial charge on any atom is 0.336 e. The molecule has 9 N–H and O–H groups in total. The highest BCUT2D eigenvalue weighted by molar-refractivity contribution is 6.00. The number of carbonyl (C=O) groups excluding carboxylic acids is 7. The molecule has 1 saturated heterocycles. The lowest BCUT2D eigenvalue weighted by atomic mass is 10.0. The number of rotatable bonds is 32. The van der Waals surface area contributed by atoms with E-state index in [0.29, 0.717) is 74.7 Å². The maximum absolute atomic E-state index is 14.1. The van der Waals surface area contributed by atoms with Crippen LogP contribution in [0.3, 0.4) is 0 Å². The fourth-order valence-electron chi connectivity index (χ4n) is 8.23. The predicted octanol–water partition coefficient (Wildman–Crippen LogP) is 4.89. The van der Waals surface area contributed by atoms with Crippen LogP contribution in [0.4, 0.5) is 5.69 Å². The minimum Gasteiger partial charge on any atom is -0.423 e. The van der Waals surface area contributed by atoms with Crippen molar-refractivity contribution in [3.05, 3.63) is 40.2 Å². The Morgan fingerprint density at radius 3 is 2.05 bits per heavy atom. The normalized spacial score (nSPS) is 14.9. The number of likely N-dealkylation sites (tertiary alicyclic amines) is 1. The van der Waals surface area contributed by atoms with E-state index < -0.39 is 65.2 Å². The molecule has 1 fully saturated rings. The van der Waals surface area contributed by atoms with Crippen LogP contribution in [-0.2, 0) is 33.6 Å². The van der Waals surface area contributed by atoms with Gasteiger partial charge in [-0.1, -0.05) is 71.1 Å². The summed E-state index contributed by atoms with van der Waals surface area (Å²) < 4.78 is 5.37. The van der Waals surface area contributed by atoms with E-state index >= 15 is 0 Å². The Balaban J connectivity index is 1.66. The van der Waals surface area contributed by atoms with Gasteiger partial charge in [-0.05, 0) is 95.4 Å². The second-order valence-corrected chi connectivity index (χ2v) is 17.4. The van der Waals surface area contributed by atoms with Gasteiger partial charge in [-0.3, -0.25) is 33.6 Å². The molecule has 3 rings (SSSR count). The molecule has 65 heavy (non-hydrogen) atoms. The zero-order valence-electron chi connectivity index (χ0n) is 39.1. The average Bonchev–Trinajstić information content (AvgIpc) is 3.76. The van der Waals surface area contributed by atoms with E-state index in [9.17, 15) is 38.4 Å². The number of anilines is 1. The smallest absolute Gasteiger partial charge is 0.336 e. The van der Waals surface area contributed by atoms with Crippen molar-refractivity contribution in [1.29, 1.82) is 0 Å². The first kappa shape index (κ1) is 54.0. The molecule has 1 aromatic heterocycles. The van der Waals surface area contributed by atoms with Crippen LogP contribution in [0, 0.1) is 6.92 Å². The van der Waals surface area contributed by atoms with Gasteiger partial charge >= 0.3 is 5.63 Å². The summed E-state index contributed by atoms with van der Waals surface area (Å²) in [7, 11) is 0. The molecule has 362 valence electrons. The minimum atomic E-state index is -1.09. The van der Waals surface area contributed by atoms with Crippen LogP contribution in [0.5, 0.6) is 0 Å². The van der Waals surface area contributed by atoms with Crippen molar-refractivity contribution < 1.29 is 38.0 Å². The summed E-state index contributed by atoms with van der Waals surface area (Å²) in [5.74, 6) is -3.38. The Kier molecular flexibility index (Phi) is 24.9. The SMILES string of the molecule is CCCCCCCCCCCCCC(=O)NCCCC[C@H](NC(=O)[C@H](CCCCN)NC(=O)[C@@H]1CCCN1C(=O)[C@H](CCC(N)=O)NC(C)=O)C(=O)Nc1ccc2c(C)cc(=O)oc2c1. The van der Waals surface area contributed by atoms with E-state index in [1.807, 2.05) is 0 Å². The van der Waals surface area contributed by atoms with E-state index in [2.05, 4.69) is 33.5 Å². The van der Waals surface area contributed by atoms with E-state index in [0.717, 1.165) is 19.3 Å². The fourth-order valence-corrected chi connectivity index (χ4v) is 8.23. The first-order valence-corrected chi connectivity index (χ1v) is 24.0. The predicted molar refractivity (Wildman–Crippen MR) is 251 cm³/mol. The standard InChI is InChI=1S/C48H76N8O9/c1-4-5-6-7-8-9-10-11-12-13-14-23-43(59)51-29-18-16-21-37(45(61)53-35-24-25-36-33(2)31-44(60)65-41(36)32-35)54-46(62)38(20-15-17-28-49)55-47(63)40-22-19-30-56(40)48(64)39(52-34(3)57)26-27-42(50)58/h24-25,31-32,37-40H,4-23,26-30,49H2,1-3H3,(H2,50,58)(H,51,59)(H,52,57)(H,53,61)(H,54,62)(H,55,63)/t37-,38-,39-,40-/m0/s1. The van der Waals surface area contributed by atoms with Gasteiger partial charge in [-0.15, -0.1) is 0 Å². The average molecular weight is 909 g/mol. The molecule has 1 aliphatic rings. The molecular formula is C48H76N8O9. The van der Waals surface area contributed by atoms with Crippen LogP contribution in [0.15, 0.2) is 33.5 Å². The summed E-state index contributed by atoms with van der Waals surface area (Å²) in [6, 6.07) is 2.17. The lowest BCUT2D eigenvalue weighted by molar-refractivity contribution is -0.142. The van der Waals surface area contributed by atoms with Crippen LogP contribution in [0.25, 0.3) is 11.0 Å². The fraction of sp³-hybridized carbons (Fsp3) is 0.667. The molecular weight excluding hydrogens is 833 g/mol. The molecule has 2 heterocycles. The Morgan fingerprint density at radius 2 is 1.40 bits per heavy atom. The summed E-state index contributed by atoms with van der Waals surface area (Å²) in [6.07, 6.45) is 16.8. The summed E-state index contributed by atoms with van der Waals surface area (Å²) in [4.78, 5) is 105. The van der Waals surface area contributed by atoms with Gasteiger partial charge in [0.1, 0.15) is 29.8 Å². The lowest BCUT2D eigenvalue weighted by Gasteiger charge is -2.30. The Hall–Kier alpha value is -5.32. The number of nitrogens with two attached hydrogens (primary N) is 2. The lowest BCUT2D eigenvalue weighted by Crippen LogP contribution is -2.57. The van der Waals surface area contributed by atoms with Gasteiger partial charge in [0.05, 0.1) is 0 Å². The maximum atomic E-state index is 14.1. The van der Waals surface area contributed by atoms with Crippen LogP contribution >= 0.6 is 0 Å². The van der Waals surface area contributed by atoms with Gasteiger partial charge in [-0.2, -0.15) is 0 Å². The van der Waals surface area contributed by atoms with E-state index in [1.165, 1.54) is 69.3 Å². The van der Waals surface area contributed by atoms with Gasteiger partial charge in [0.15, 0.2) is 0 Å². The second kappa shape index (κ2) is 30.0. The number of amides is 7. The van der Waals surface area contributed by atoms with Crippen LogP contribution in [-0.4, -0.2) is 90.1 Å². The highest BCUT2D eigenvalue weighted by atomic mass is 16.4. The number of primary amides is 1. The molecule has 0 unspecified atom stereocenters. The zero-order chi connectivity index (χ0) is 47.6. The molecule has 0 saturated carbocycles. The number of fused-ring (bicyclic) bond motifs is 1. The van der Waals surface area contributed by atoms with E-state index in [4.69, 9.17) is 15.9 Å². The highest BCUT2D eigenvalue weighted by Crippen LogP contribution is 2.23. The quantitative estimate of drug-likeness (QED) is 0.0386. The van der Waals surface area contributed by atoms with Crippen molar-refractivity contribution in [3.8, 4) is 0 Å². The Bertz CT molecular complexity index is 1920. The molecule has 7 amide bonds. The Labute approximate surface area is 384 Å². The van der Waals surface area contributed by atoms with Crippen LogP contribution in [0.1, 0.15) is 161 Å². The third-order valence-electron chi connectivity index (χ3n) is 11.9. The van der Waals surface area contributed by atoms with Gasteiger partial charge < -0.3 is 47.4 Å². The number of aryl methyl sites for hydroxylation is 1. The van der Waals surface area contributed by atoms with Crippen molar-refractivity contribution >= 4 is 58.0 Å². The molecule has 4 atom stereocenters. The van der Waals surface area contributed by atoms with E-state index in [-0.39, 0.29) is 43.7 Å². The molecule has 0 bridgehead atoms. The summed E-state index contributed by atoms with van der Waals surface area (Å²) in [5, 5.41) is 14.7. The van der Waals surface area contributed by atoms with Crippen molar-refractivity contribution in [2.75, 3.05) is 25.0 Å². The van der Waals surface area contributed by atoms with Gasteiger partial charge in [0, 0.05) is 56.1 Å². The van der Waals surface area contributed by atoms with Gasteiger partial charge in [-0.25, -0.2) is 4.79 Å². The van der Waals surface area contributed by atoms with Crippen molar-refractivity contribution in [1.82, 2.24) is 26.2 Å².